The number of halogens is 1. The number of hydrogen-bond acceptors (Lipinski definition) is 6. The number of nitrogens with zero attached hydrogens (tertiary/aromatic N) is 2. The molecule has 2 heterocycles. The monoisotopic (exact) mass is 410 g/mol. The number of aliphatic hydroxyl groups excluding tert-OH is 1. The third-order valence-electron chi connectivity index (χ3n) is 4.96. The summed E-state index contributed by atoms with van der Waals surface area (Å²) in [5, 5.41) is 15.0. The number of aryl methyl sites for hydroxylation is 2. The first-order valence-electron chi connectivity index (χ1n) is 9.85. The molecule has 0 aliphatic heterocycles. The van der Waals surface area contributed by atoms with Crippen LogP contribution in [0.3, 0.4) is 0 Å². The summed E-state index contributed by atoms with van der Waals surface area (Å²) >= 11 is 0. The highest BCUT2D eigenvalue weighted by Crippen LogP contribution is 2.34. The molecule has 0 atom stereocenters. The quantitative estimate of drug-likeness (QED) is 0.552. The predicted octanol–water partition coefficient (Wildman–Crippen LogP) is 3.46. The number of oxazole rings is 1. The smallest absolute Gasteiger partial charge is 0.254 e. The number of pyridine rings is 1. The van der Waals surface area contributed by atoms with Crippen molar-refractivity contribution >= 4 is 11.7 Å². The summed E-state index contributed by atoms with van der Waals surface area (Å²) < 4.78 is 20.1. The van der Waals surface area contributed by atoms with Gasteiger partial charge >= 0.3 is 0 Å². The summed E-state index contributed by atoms with van der Waals surface area (Å²) in [5.74, 6) is 0.621. The van der Waals surface area contributed by atoms with Crippen LogP contribution >= 0.6 is 0 Å². The number of aromatic nitrogens is 2. The fourth-order valence-electron chi connectivity index (χ4n) is 3.25. The zero-order valence-electron chi connectivity index (χ0n) is 16.8. The van der Waals surface area contributed by atoms with Crippen molar-refractivity contribution in [3.05, 3.63) is 53.4 Å². The maximum Gasteiger partial charge on any atom is 0.254 e. The van der Waals surface area contributed by atoms with E-state index in [1.807, 2.05) is 6.07 Å². The first-order valence-corrected chi connectivity index (χ1v) is 9.85. The van der Waals surface area contributed by atoms with Crippen LogP contribution in [0, 0.1) is 19.7 Å². The summed E-state index contributed by atoms with van der Waals surface area (Å²) in [6.07, 6.45) is 5.11. The Bertz CT molecular complexity index is 1090. The molecule has 3 N–H and O–H groups in total. The Morgan fingerprint density at radius 1 is 1.20 bits per heavy atom. The molecular formula is C22H23FN4O3. The van der Waals surface area contributed by atoms with Crippen LogP contribution in [0.15, 0.2) is 35.0 Å². The van der Waals surface area contributed by atoms with Crippen LogP contribution in [0.1, 0.15) is 34.7 Å². The van der Waals surface area contributed by atoms with Gasteiger partial charge in [-0.2, -0.15) is 0 Å². The number of rotatable bonds is 7. The van der Waals surface area contributed by atoms with E-state index in [9.17, 15) is 9.18 Å². The molecule has 1 saturated carbocycles. The molecule has 0 radical (unpaired) electrons. The average Bonchev–Trinajstić information content (AvgIpc) is 3.43. The Hall–Kier alpha value is -3.26. The summed E-state index contributed by atoms with van der Waals surface area (Å²) in [5.41, 5.74) is 2.78. The number of hydrogen-bond donors (Lipinski definition) is 3. The molecular weight excluding hydrogens is 387 g/mol. The van der Waals surface area contributed by atoms with E-state index in [0.717, 1.165) is 12.8 Å². The minimum absolute atomic E-state index is 0.0158. The lowest BCUT2D eigenvalue weighted by Gasteiger charge is -2.14. The van der Waals surface area contributed by atoms with Crippen LogP contribution in [0.2, 0.25) is 0 Å². The third-order valence-corrected chi connectivity index (χ3v) is 4.96. The Kier molecular flexibility index (Phi) is 5.50. The lowest BCUT2D eigenvalue weighted by atomic mass is 9.97. The Morgan fingerprint density at radius 3 is 2.67 bits per heavy atom. The van der Waals surface area contributed by atoms with E-state index in [-0.39, 0.29) is 18.2 Å². The Labute approximate surface area is 173 Å². The number of carbonyl (C=O) groups excluding carboxylic acids is 1. The fraction of sp³-hybridized carbons (Fsp3) is 0.318. The molecule has 0 unspecified atom stereocenters. The molecule has 1 aromatic carbocycles. The molecule has 1 amide bonds. The molecule has 2 aromatic heterocycles. The van der Waals surface area contributed by atoms with Crippen molar-refractivity contribution in [2.75, 3.05) is 18.5 Å². The Balaban J connectivity index is 1.77. The van der Waals surface area contributed by atoms with Gasteiger partial charge in [0.2, 0.25) is 0 Å². The highest BCUT2D eigenvalue weighted by Gasteiger charge is 2.26. The van der Waals surface area contributed by atoms with Crippen molar-refractivity contribution in [3.8, 4) is 22.5 Å². The largest absolute Gasteiger partial charge is 0.441 e. The van der Waals surface area contributed by atoms with Crippen molar-refractivity contribution in [2.24, 2.45) is 0 Å². The number of benzene rings is 1. The van der Waals surface area contributed by atoms with Gasteiger partial charge in [-0.25, -0.2) is 14.4 Å². The highest BCUT2D eigenvalue weighted by molar-refractivity contribution is 5.96. The van der Waals surface area contributed by atoms with Crippen molar-refractivity contribution in [2.45, 2.75) is 32.7 Å². The topological polar surface area (TPSA) is 100 Å². The van der Waals surface area contributed by atoms with Crippen molar-refractivity contribution in [1.29, 1.82) is 0 Å². The van der Waals surface area contributed by atoms with E-state index in [2.05, 4.69) is 20.6 Å². The van der Waals surface area contributed by atoms with Crippen LogP contribution < -0.4 is 10.6 Å². The maximum absolute atomic E-state index is 14.5. The molecule has 1 aliphatic carbocycles. The van der Waals surface area contributed by atoms with Gasteiger partial charge in [0, 0.05) is 31.3 Å². The molecule has 1 fully saturated rings. The standard InChI is InChI=1S/C22H23FN4O3/c1-12-7-19(23)17(22(29)27-15-3-4-15)9-16(12)14-8-18(20-11-25-13(2)30-20)21(26-10-14)24-5-6-28/h7-11,15,28H,3-6H2,1-2H3,(H,24,26)(H,27,29). The number of amides is 1. The number of carbonyl (C=O) groups is 1. The second-order valence-electron chi connectivity index (χ2n) is 7.41. The minimum Gasteiger partial charge on any atom is -0.441 e. The number of anilines is 1. The second-order valence-corrected chi connectivity index (χ2v) is 7.41. The van der Waals surface area contributed by atoms with E-state index < -0.39 is 11.7 Å². The molecule has 30 heavy (non-hydrogen) atoms. The van der Waals surface area contributed by atoms with Gasteiger partial charge in [-0.1, -0.05) is 0 Å². The summed E-state index contributed by atoms with van der Waals surface area (Å²) in [6, 6.07) is 4.93. The first-order chi connectivity index (χ1) is 14.5. The SMILES string of the molecule is Cc1ncc(-c2cc(-c3cc(C(=O)NC4CC4)c(F)cc3C)cnc2NCCO)o1. The lowest BCUT2D eigenvalue weighted by molar-refractivity contribution is 0.0947. The fourth-order valence-corrected chi connectivity index (χ4v) is 3.25. The molecule has 4 rings (SSSR count). The molecule has 8 heteroatoms. The van der Waals surface area contributed by atoms with Crippen LogP contribution in [-0.4, -0.2) is 40.2 Å². The molecule has 1 aliphatic rings. The van der Waals surface area contributed by atoms with Crippen LogP contribution in [0.5, 0.6) is 0 Å². The zero-order valence-corrected chi connectivity index (χ0v) is 16.8. The average molecular weight is 410 g/mol. The van der Waals surface area contributed by atoms with Gasteiger partial charge in [0.25, 0.3) is 5.91 Å². The van der Waals surface area contributed by atoms with Crippen LogP contribution in [0.4, 0.5) is 10.2 Å². The molecule has 0 spiro atoms. The van der Waals surface area contributed by atoms with Crippen LogP contribution in [0.25, 0.3) is 22.5 Å². The summed E-state index contributed by atoms with van der Waals surface area (Å²) in [4.78, 5) is 21.1. The van der Waals surface area contributed by atoms with E-state index in [0.29, 0.717) is 46.3 Å². The van der Waals surface area contributed by atoms with Gasteiger partial charge < -0.3 is 20.2 Å². The van der Waals surface area contributed by atoms with Crippen molar-refractivity contribution in [1.82, 2.24) is 15.3 Å². The van der Waals surface area contributed by atoms with Gasteiger partial charge in [0.05, 0.1) is 23.9 Å². The zero-order chi connectivity index (χ0) is 21.3. The molecule has 3 aromatic rings. The Morgan fingerprint density at radius 2 is 2.00 bits per heavy atom. The van der Waals surface area contributed by atoms with Gasteiger partial charge in [0.1, 0.15) is 11.6 Å². The van der Waals surface area contributed by atoms with Gasteiger partial charge in [-0.3, -0.25) is 4.79 Å². The van der Waals surface area contributed by atoms with Crippen molar-refractivity contribution in [3.63, 3.8) is 0 Å². The van der Waals surface area contributed by atoms with E-state index >= 15 is 0 Å². The third kappa shape index (κ3) is 4.18. The number of nitrogens with one attached hydrogen (secondary N) is 2. The normalized spacial score (nSPS) is 13.3. The predicted molar refractivity (Wildman–Crippen MR) is 111 cm³/mol. The lowest BCUT2D eigenvalue weighted by Crippen LogP contribution is -2.26. The van der Waals surface area contributed by atoms with Crippen molar-refractivity contribution < 1.29 is 18.7 Å². The highest BCUT2D eigenvalue weighted by atomic mass is 19.1. The molecule has 156 valence electrons. The molecule has 0 bridgehead atoms. The first kappa shape index (κ1) is 20.0. The summed E-state index contributed by atoms with van der Waals surface area (Å²) in [6.45, 7) is 3.82. The number of aliphatic hydroxyl groups is 1. The molecule has 0 saturated heterocycles. The van der Waals surface area contributed by atoms with E-state index in [1.165, 1.54) is 6.07 Å². The van der Waals surface area contributed by atoms with Gasteiger partial charge in [0.15, 0.2) is 11.7 Å². The van der Waals surface area contributed by atoms with Gasteiger partial charge in [-0.15, -0.1) is 0 Å². The molecule has 7 nitrogen and oxygen atoms in total. The maximum atomic E-state index is 14.5. The second kappa shape index (κ2) is 8.23. The summed E-state index contributed by atoms with van der Waals surface area (Å²) in [7, 11) is 0. The van der Waals surface area contributed by atoms with Crippen LogP contribution in [-0.2, 0) is 0 Å². The van der Waals surface area contributed by atoms with E-state index in [4.69, 9.17) is 9.52 Å². The van der Waals surface area contributed by atoms with E-state index in [1.54, 1.807) is 32.3 Å². The minimum atomic E-state index is -0.547. The van der Waals surface area contributed by atoms with Gasteiger partial charge in [-0.05, 0) is 49.1 Å².